The molecule has 5 rings (SSSR count). The van der Waals surface area contributed by atoms with E-state index in [2.05, 4.69) is 37.4 Å². The van der Waals surface area contributed by atoms with Crippen molar-refractivity contribution in [3.63, 3.8) is 0 Å². The molecular weight excluding hydrogens is 452 g/mol. The van der Waals surface area contributed by atoms with Gasteiger partial charge in [-0.1, -0.05) is 23.8 Å². The Hall–Kier alpha value is -3.49. The molecule has 0 bridgehead atoms. The van der Waals surface area contributed by atoms with E-state index in [0.29, 0.717) is 11.4 Å². The second-order valence-corrected chi connectivity index (χ2v) is 9.61. The quantitative estimate of drug-likeness (QED) is 0.384. The molecule has 166 valence electrons. The molecule has 0 unspecified atom stereocenters. The van der Waals surface area contributed by atoms with Gasteiger partial charge in [-0.3, -0.25) is 4.79 Å². The predicted molar refractivity (Wildman–Crippen MR) is 135 cm³/mol. The molecule has 0 saturated heterocycles. The van der Waals surface area contributed by atoms with Crippen molar-refractivity contribution in [2.75, 3.05) is 11.9 Å². The maximum absolute atomic E-state index is 11.8. The molecule has 4 aromatic rings. The zero-order chi connectivity index (χ0) is 22.9. The Balaban J connectivity index is 1.68. The van der Waals surface area contributed by atoms with Crippen LogP contribution in [-0.4, -0.2) is 22.9 Å². The van der Waals surface area contributed by atoms with Crippen LogP contribution >= 0.6 is 22.7 Å². The summed E-state index contributed by atoms with van der Waals surface area (Å²) in [5.74, 6) is 0.508. The highest BCUT2D eigenvalue weighted by molar-refractivity contribution is 7.12. The van der Waals surface area contributed by atoms with Crippen LogP contribution in [0.15, 0.2) is 69.4 Å². The van der Waals surface area contributed by atoms with E-state index in [0.717, 1.165) is 37.9 Å². The highest BCUT2D eigenvalue weighted by Crippen LogP contribution is 2.33. The number of ether oxygens (including phenoxy) is 1. The summed E-state index contributed by atoms with van der Waals surface area (Å²) in [6.07, 6.45) is 0. The Morgan fingerprint density at radius 2 is 2.00 bits per heavy atom. The summed E-state index contributed by atoms with van der Waals surface area (Å²) in [5, 5.41) is 11.9. The molecule has 8 heteroatoms. The standard InChI is InChI=1S/C25H22N4O2S2/c1-15-6-8-19(16(2)11-15)27-25-29(28-17(3)23-5-4-10-32-23)21(14-33-25)18-7-9-22-20(12-18)26-24(30)13-31-22/h4-12,14H,13H2,1-3H3,(H,26,30). The van der Waals surface area contributed by atoms with E-state index < -0.39 is 0 Å². The van der Waals surface area contributed by atoms with Crippen LogP contribution in [0.25, 0.3) is 11.3 Å². The first-order valence-electron chi connectivity index (χ1n) is 10.5. The molecule has 0 fully saturated rings. The smallest absolute Gasteiger partial charge is 0.262 e. The summed E-state index contributed by atoms with van der Waals surface area (Å²) < 4.78 is 7.40. The Kier molecular flexibility index (Phi) is 5.70. The van der Waals surface area contributed by atoms with Gasteiger partial charge in [0.1, 0.15) is 5.75 Å². The van der Waals surface area contributed by atoms with Gasteiger partial charge < -0.3 is 10.1 Å². The van der Waals surface area contributed by atoms with Crippen LogP contribution in [0, 0.1) is 13.8 Å². The van der Waals surface area contributed by atoms with Gasteiger partial charge in [-0.15, -0.1) is 22.7 Å². The van der Waals surface area contributed by atoms with Crippen LogP contribution in [0.3, 0.4) is 0 Å². The number of benzene rings is 2. The number of anilines is 1. The van der Waals surface area contributed by atoms with E-state index in [1.165, 1.54) is 16.9 Å². The SMILES string of the molecule is CC(=Nn1c(-c2ccc3c(c2)NC(=O)CO3)csc1=Nc1ccc(C)cc1C)c1cccs1. The minimum atomic E-state index is -0.157. The second kappa shape index (κ2) is 8.80. The molecule has 0 spiro atoms. The predicted octanol–water partition coefficient (Wildman–Crippen LogP) is 5.73. The number of hydrogen-bond acceptors (Lipinski definition) is 6. The minimum absolute atomic E-state index is 0.0357. The fourth-order valence-electron chi connectivity index (χ4n) is 3.63. The van der Waals surface area contributed by atoms with Crippen molar-refractivity contribution in [1.82, 2.24) is 4.68 Å². The highest BCUT2D eigenvalue weighted by atomic mass is 32.1. The average Bonchev–Trinajstić information content (AvgIpc) is 3.46. The van der Waals surface area contributed by atoms with Crippen molar-refractivity contribution in [2.45, 2.75) is 20.8 Å². The first-order chi connectivity index (χ1) is 16.0. The fourth-order valence-corrected chi connectivity index (χ4v) is 5.15. The molecule has 2 aromatic heterocycles. The molecule has 1 aliphatic rings. The zero-order valence-corrected chi connectivity index (χ0v) is 20.1. The molecule has 3 heterocycles. The number of rotatable bonds is 4. The van der Waals surface area contributed by atoms with Gasteiger partial charge in [-0.25, -0.2) is 9.67 Å². The van der Waals surface area contributed by atoms with Crippen molar-refractivity contribution < 1.29 is 9.53 Å². The van der Waals surface area contributed by atoms with E-state index in [4.69, 9.17) is 14.8 Å². The fraction of sp³-hybridized carbons (Fsp3) is 0.160. The highest BCUT2D eigenvalue weighted by Gasteiger charge is 2.18. The lowest BCUT2D eigenvalue weighted by Crippen LogP contribution is -2.25. The Labute approximate surface area is 199 Å². The van der Waals surface area contributed by atoms with Gasteiger partial charge in [0.2, 0.25) is 4.80 Å². The first-order valence-corrected chi connectivity index (χ1v) is 12.2. The lowest BCUT2D eigenvalue weighted by Gasteiger charge is -2.18. The third-order valence-corrected chi connectivity index (χ3v) is 7.08. The average molecular weight is 475 g/mol. The lowest BCUT2D eigenvalue weighted by atomic mass is 10.1. The number of amides is 1. The van der Waals surface area contributed by atoms with Crippen LogP contribution in [0.5, 0.6) is 5.75 Å². The molecule has 1 amide bonds. The third kappa shape index (κ3) is 4.40. The first kappa shape index (κ1) is 21.4. The van der Waals surface area contributed by atoms with E-state index in [1.807, 2.05) is 52.7 Å². The largest absolute Gasteiger partial charge is 0.482 e. The number of aryl methyl sites for hydroxylation is 2. The van der Waals surface area contributed by atoms with Gasteiger partial charge in [-0.2, -0.15) is 5.10 Å². The number of thiazole rings is 1. The molecule has 0 saturated carbocycles. The van der Waals surface area contributed by atoms with E-state index in [9.17, 15) is 4.79 Å². The summed E-state index contributed by atoms with van der Waals surface area (Å²) in [7, 11) is 0. The summed E-state index contributed by atoms with van der Waals surface area (Å²) >= 11 is 3.18. The van der Waals surface area contributed by atoms with Crippen molar-refractivity contribution >= 4 is 45.7 Å². The van der Waals surface area contributed by atoms with Crippen LogP contribution < -0.4 is 14.9 Å². The molecule has 0 radical (unpaired) electrons. The summed E-state index contributed by atoms with van der Waals surface area (Å²) in [5.41, 5.74) is 6.61. The molecular formula is C25H22N4O2S2. The van der Waals surface area contributed by atoms with Crippen molar-refractivity contribution in [2.24, 2.45) is 10.1 Å². The number of hydrogen-bond donors (Lipinski definition) is 1. The molecule has 1 N–H and O–H groups in total. The summed E-state index contributed by atoms with van der Waals surface area (Å²) in [4.78, 5) is 18.6. The van der Waals surface area contributed by atoms with Gasteiger partial charge in [0, 0.05) is 10.9 Å². The van der Waals surface area contributed by atoms with E-state index in [1.54, 1.807) is 11.3 Å². The van der Waals surface area contributed by atoms with E-state index >= 15 is 0 Å². The Morgan fingerprint density at radius 3 is 2.79 bits per heavy atom. The van der Waals surface area contributed by atoms with Crippen LogP contribution in [-0.2, 0) is 4.79 Å². The number of fused-ring (bicyclic) bond motifs is 1. The van der Waals surface area contributed by atoms with Gasteiger partial charge >= 0.3 is 0 Å². The number of thiophene rings is 1. The van der Waals surface area contributed by atoms with Crippen LogP contribution in [0.4, 0.5) is 11.4 Å². The van der Waals surface area contributed by atoms with Gasteiger partial charge in [0.15, 0.2) is 6.61 Å². The number of carbonyl (C=O) groups is 1. The number of nitrogens with one attached hydrogen (secondary N) is 1. The lowest BCUT2D eigenvalue weighted by molar-refractivity contribution is -0.118. The van der Waals surface area contributed by atoms with Gasteiger partial charge in [0.05, 0.1) is 27.7 Å². The monoisotopic (exact) mass is 474 g/mol. The van der Waals surface area contributed by atoms with Crippen LogP contribution in [0.1, 0.15) is 22.9 Å². The molecule has 1 aliphatic heterocycles. The summed E-state index contributed by atoms with van der Waals surface area (Å²) in [6, 6.07) is 16.1. The summed E-state index contributed by atoms with van der Waals surface area (Å²) in [6.45, 7) is 6.18. The Bertz CT molecular complexity index is 1450. The maximum Gasteiger partial charge on any atom is 0.262 e. The normalized spacial score (nSPS) is 14.1. The molecule has 0 aliphatic carbocycles. The van der Waals surface area contributed by atoms with Gasteiger partial charge in [-0.05, 0) is 62.0 Å². The Morgan fingerprint density at radius 1 is 1.12 bits per heavy atom. The van der Waals surface area contributed by atoms with Crippen molar-refractivity contribution in [3.05, 3.63) is 80.1 Å². The second-order valence-electron chi connectivity index (χ2n) is 7.83. The number of nitrogens with zero attached hydrogens (tertiary/aromatic N) is 3. The number of carbonyl (C=O) groups excluding carboxylic acids is 1. The third-order valence-electron chi connectivity index (χ3n) is 5.29. The topological polar surface area (TPSA) is 68.0 Å². The van der Waals surface area contributed by atoms with Crippen LogP contribution in [0.2, 0.25) is 0 Å². The molecule has 2 aromatic carbocycles. The van der Waals surface area contributed by atoms with Gasteiger partial charge in [0.25, 0.3) is 5.91 Å². The minimum Gasteiger partial charge on any atom is -0.482 e. The van der Waals surface area contributed by atoms with E-state index in [-0.39, 0.29) is 12.5 Å². The van der Waals surface area contributed by atoms with Crippen molar-refractivity contribution in [3.8, 4) is 17.0 Å². The molecule has 0 atom stereocenters. The van der Waals surface area contributed by atoms with Crippen molar-refractivity contribution in [1.29, 1.82) is 0 Å². The maximum atomic E-state index is 11.8. The molecule has 33 heavy (non-hydrogen) atoms. The molecule has 6 nitrogen and oxygen atoms in total. The number of aromatic nitrogens is 1. The zero-order valence-electron chi connectivity index (χ0n) is 18.5.